The minimum atomic E-state index is -0.218. The molecule has 0 aromatic carbocycles. The second-order valence-corrected chi connectivity index (χ2v) is 10.3. The van der Waals surface area contributed by atoms with Crippen molar-refractivity contribution in [2.75, 3.05) is 0 Å². The molecule has 0 aliphatic heterocycles. The van der Waals surface area contributed by atoms with Crippen LogP contribution >= 0.6 is 0 Å². The van der Waals surface area contributed by atoms with Crippen molar-refractivity contribution in [2.45, 2.75) is 71.8 Å². The highest BCUT2D eigenvalue weighted by molar-refractivity contribution is 6.05. The molecule has 1 N–H and O–H groups in total. The topological polar surface area (TPSA) is 50.4 Å². The van der Waals surface area contributed by atoms with E-state index >= 15 is 0 Å². The van der Waals surface area contributed by atoms with Crippen molar-refractivity contribution in [3.63, 3.8) is 0 Å². The molecule has 3 saturated carbocycles. The Morgan fingerprint density at radius 2 is 1.89 bits per heavy atom. The van der Waals surface area contributed by atoms with E-state index in [1.54, 1.807) is 0 Å². The Labute approximate surface area is 167 Å². The standard InChI is InChI=1S/C25H32O3/c1-15-4-6-19(28-15)12-16-13-22-20-7-5-17-14-18(26)8-10-24(17,2)21(20)9-11-25(22,3)23(16)27/h4-6,12,18,20-22,26H,7-11,13-14H2,1-3H3/b16-12-/t18-,20-,21+,22+,24-,25-/m0/s1. The van der Waals surface area contributed by atoms with Crippen LogP contribution in [0.3, 0.4) is 0 Å². The molecule has 150 valence electrons. The van der Waals surface area contributed by atoms with Crippen molar-refractivity contribution in [3.05, 3.63) is 40.9 Å². The molecule has 0 saturated heterocycles. The molecular weight excluding hydrogens is 348 g/mol. The predicted molar refractivity (Wildman–Crippen MR) is 110 cm³/mol. The Balaban J connectivity index is 1.48. The van der Waals surface area contributed by atoms with E-state index in [1.807, 2.05) is 25.1 Å². The third-order valence-electron chi connectivity index (χ3n) is 8.80. The van der Waals surface area contributed by atoms with Crippen molar-refractivity contribution in [1.29, 1.82) is 0 Å². The number of hydrogen-bond donors (Lipinski definition) is 1. The van der Waals surface area contributed by atoms with E-state index in [0.29, 0.717) is 23.5 Å². The number of aliphatic hydroxyl groups is 1. The highest BCUT2D eigenvalue weighted by Crippen LogP contribution is 2.64. The summed E-state index contributed by atoms with van der Waals surface area (Å²) < 4.78 is 5.72. The first-order chi connectivity index (χ1) is 13.3. The van der Waals surface area contributed by atoms with Gasteiger partial charge in [0, 0.05) is 5.41 Å². The fourth-order valence-electron chi connectivity index (χ4n) is 7.14. The Hall–Kier alpha value is -1.61. The van der Waals surface area contributed by atoms with Crippen LogP contribution in [-0.4, -0.2) is 17.0 Å². The van der Waals surface area contributed by atoms with Crippen molar-refractivity contribution >= 4 is 11.9 Å². The van der Waals surface area contributed by atoms with Gasteiger partial charge in [-0.05, 0) is 98.8 Å². The third kappa shape index (κ3) is 2.55. The molecule has 0 amide bonds. The van der Waals surface area contributed by atoms with E-state index in [9.17, 15) is 9.90 Å². The maximum Gasteiger partial charge on any atom is 0.165 e. The minimum Gasteiger partial charge on any atom is -0.462 e. The zero-order chi connectivity index (χ0) is 19.7. The van der Waals surface area contributed by atoms with Gasteiger partial charge in [0.05, 0.1) is 6.10 Å². The smallest absolute Gasteiger partial charge is 0.165 e. The summed E-state index contributed by atoms with van der Waals surface area (Å²) in [6.45, 7) is 6.60. The lowest BCUT2D eigenvalue weighted by molar-refractivity contribution is -0.130. The molecule has 0 bridgehead atoms. The maximum atomic E-state index is 13.4. The van der Waals surface area contributed by atoms with Gasteiger partial charge in [0.25, 0.3) is 0 Å². The van der Waals surface area contributed by atoms with E-state index in [2.05, 4.69) is 19.9 Å². The molecule has 28 heavy (non-hydrogen) atoms. The molecule has 4 aliphatic carbocycles. The summed E-state index contributed by atoms with van der Waals surface area (Å²) in [5, 5.41) is 10.2. The highest BCUT2D eigenvalue weighted by atomic mass is 16.3. The Morgan fingerprint density at radius 3 is 2.64 bits per heavy atom. The number of furan rings is 1. The number of hydrogen-bond acceptors (Lipinski definition) is 3. The summed E-state index contributed by atoms with van der Waals surface area (Å²) in [4.78, 5) is 13.4. The number of carbonyl (C=O) groups is 1. The van der Waals surface area contributed by atoms with Crippen LogP contribution < -0.4 is 0 Å². The first-order valence-corrected chi connectivity index (χ1v) is 11.0. The number of aliphatic hydroxyl groups excluding tert-OH is 1. The lowest BCUT2D eigenvalue weighted by Crippen LogP contribution is -2.50. The largest absolute Gasteiger partial charge is 0.462 e. The van der Waals surface area contributed by atoms with Crippen molar-refractivity contribution in [1.82, 2.24) is 0 Å². The van der Waals surface area contributed by atoms with Crippen LogP contribution in [0.2, 0.25) is 0 Å². The molecule has 4 aliphatic rings. The molecule has 3 fully saturated rings. The molecule has 5 rings (SSSR count). The highest BCUT2D eigenvalue weighted by Gasteiger charge is 2.59. The van der Waals surface area contributed by atoms with Gasteiger partial charge in [-0.3, -0.25) is 4.79 Å². The summed E-state index contributed by atoms with van der Waals surface area (Å²) in [5.41, 5.74) is 2.45. The number of aryl methyl sites for hydroxylation is 1. The zero-order valence-corrected chi connectivity index (χ0v) is 17.3. The van der Waals surface area contributed by atoms with Crippen LogP contribution in [0.1, 0.15) is 70.3 Å². The Bertz CT molecular complexity index is 874. The average Bonchev–Trinajstić information content (AvgIpc) is 3.18. The maximum absolute atomic E-state index is 13.4. The van der Waals surface area contributed by atoms with Gasteiger partial charge in [-0.25, -0.2) is 0 Å². The van der Waals surface area contributed by atoms with Crippen LogP contribution in [0.5, 0.6) is 0 Å². The SMILES string of the molecule is Cc1ccc(/C=C2/C[C@@H]3[C@H]4CC=C5C[C@@H](O)CC[C@]5(C)[C@@H]4CC[C@]3(C)C2=O)o1. The normalized spacial score (nSPS) is 44.1. The molecular formula is C25H32O3. The molecule has 1 aromatic heterocycles. The fourth-order valence-corrected chi connectivity index (χ4v) is 7.14. The van der Waals surface area contributed by atoms with Gasteiger partial charge in [0.1, 0.15) is 11.5 Å². The van der Waals surface area contributed by atoms with E-state index in [1.165, 1.54) is 5.57 Å². The molecule has 3 nitrogen and oxygen atoms in total. The Morgan fingerprint density at radius 1 is 1.11 bits per heavy atom. The first kappa shape index (κ1) is 18.4. The lowest BCUT2D eigenvalue weighted by atomic mass is 9.48. The number of carbonyl (C=O) groups excluding carboxylic acids is 1. The number of Topliss-reactive ketones (excluding diaryl/α,β-unsaturated/α-hetero) is 1. The van der Waals surface area contributed by atoms with Gasteiger partial charge >= 0.3 is 0 Å². The monoisotopic (exact) mass is 380 g/mol. The van der Waals surface area contributed by atoms with Gasteiger partial charge in [-0.1, -0.05) is 25.5 Å². The molecule has 0 unspecified atom stereocenters. The number of allylic oxidation sites excluding steroid dienone is 2. The summed E-state index contributed by atoms with van der Waals surface area (Å²) >= 11 is 0. The Kier molecular flexibility index (Phi) is 4.07. The molecule has 0 radical (unpaired) electrons. The third-order valence-corrected chi connectivity index (χ3v) is 8.80. The quantitative estimate of drug-likeness (QED) is 0.519. The molecule has 0 spiro atoms. The minimum absolute atomic E-state index is 0.163. The van der Waals surface area contributed by atoms with Crippen molar-refractivity contribution in [2.24, 2.45) is 28.6 Å². The average molecular weight is 381 g/mol. The van der Waals surface area contributed by atoms with Crippen LogP contribution in [0, 0.1) is 35.5 Å². The molecule has 1 aromatic rings. The van der Waals surface area contributed by atoms with Crippen LogP contribution in [-0.2, 0) is 4.79 Å². The van der Waals surface area contributed by atoms with Gasteiger partial charge in [0.2, 0.25) is 0 Å². The predicted octanol–water partition coefficient (Wildman–Crippen LogP) is 5.47. The first-order valence-electron chi connectivity index (χ1n) is 11.0. The van der Waals surface area contributed by atoms with Crippen LogP contribution in [0.15, 0.2) is 33.8 Å². The summed E-state index contributed by atoms with van der Waals surface area (Å²) in [6, 6.07) is 3.93. The summed E-state index contributed by atoms with van der Waals surface area (Å²) in [7, 11) is 0. The zero-order valence-electron chi connectivity index (χ0n) is 17.3. The number of ketones is 1. The van der Waals surface area contributed by atoms with Crippen molar-refractivity contribution < 1.29 is 14.3 Å². The van der Waals surface area contributed by atoms with Crippen molar-refractivity contribution in [3.8, 4) is 0 Å². The van der Waals surface area contributed by atoms with Gasteiger partial charge in [0.15, 0.2) is 5.78 Å². The van der Waals surface area contributed by atoms with Gasteiger partial charge < -0.3 is 9.52 Å². The second-order valence-electron chi connectivity index (χ2n) is 10.3. The molecule has 1 heterocycles. The van der Waals surface area contributed by atoms with Gasteiger partial charge in [-0.15, -0.1) is 0 Å². The second kappa shape index (κ2) is 6.19. The van der Waals surface area contributed by atoms with Gasteiger partial charge in [-0.2, -0.15) is 0 Å². The summed E-state index contributed by atoms with van der Waals surface area (Å²) in [5.74, 6) is 3.70. The lowest BCUT2D eigenvalue weighted by Gasteiger charge is -2.56. The number of rotatable bonds is 1. The van der Waals surface area contributed by atoms with E-state index < -0.39 is 0 Å². The van der Waals surface area contributed by atoms with E-state index in [4.69, 9.17) is 4.42 Å². The number of fused-ring (bicyclic) bond motifs is 5. The van der Waals surface area contributed by atoms with Crippen LogP contribution in [0.25, 0.3) is 6.08 Å². The summed E-state index contributed by atoms with van der Waals surface area (Å²) in [6.07, 6.45) is 11.2. The van der Waals surface area contributed by atoms with E-state index in [0.717, 1.165) is 62.0 Å². The van der Waals surface area contributed by atoms with E-state index in [-0.39, 0.29) is 16.9 Å². The van der Waals surface area contributed by atoms with Crippen LogP contribution in [0.4, 0.5) is 0 Å². The molecule has 6 atom stereocenters. The fraction of sp³-hybridized carbons (Fsp3) is 0.640. The molecule has 3 heteroatoms.